The Bertz CT molecular complexity index is 304. The van der Waals surface area contributed by atoms with Gasteiger partial charge in [0.15, 0.2) is 0 Å². The summed E-state index contributed by atoms with van der Waals surface area (Å²) in [6, 6.07) is -0.845. The van der Waals surface area contributed by atoms with Gasteiger partial charge in [0.1, 0.15) is 6.04 Å². The fourth-order valence-corrected chi connectivity index (χ4v) is 1.12. The number of carboxylic acids is 1. The molecule has 5 nitrogen and oxygen atoms in total. The van der Waals surface area contributed by atoms with E-state index in [0.29, 0.717) is 6.42 Å². The molecule has 0 aliphatic rings. The van der Waals surface area contributed by atoms with Crippen molar-refractivity contribution in [3.05, 3.63) is 18.2 Å². The average molecular weight is 256 g/mol. The van der Waals surface area contributed by atoms with Crippen molar-refractivity contribution in [1.29, 1.82) is 0 Å². The number of hydrogen-bond donors (Lipinski definition) is 2. The van der Waals surface area contributed by atoms with Gasteiger partial charge in [-0.05, 0) is 6.92 Å². The van der Waals surface area contributed by atoms with Gasteiger partial charge in [-0.1, -0.05) is 0 Å². The lowest BCUT2D eigenvalue weighted by Gasteiger charge is -2.07. The van der Waals surface area contributed by atoms with Crippen molar-refractivity contribution in [2.45, 2.75) is 25.9 Å². The lowest BCUT2D eigenvalue weighted by molar-refractivity contribution is -0.138. The van der Waals surface area contributed by atoms with E-state index in [0.717, 1.165) is 12.2 Å². The number of nitrogens with two attached hydrogens (primary N) is 1. The summed E-state index contributed by atoms with van der Waals surface area (Å²) in [6.45, 7) is 2.75. The molecule has 1 atom stereocenters. The summed E-state index contributed by atoms with van der Waals surface area (Å²) < 4.78 is 1.88. The number of hydrogen-bond acceptors (Lipinski definition) is 3. The highest BCUT2D eigenvalue weighted by Gasteiger charge is 2.13. The van der Waals surface area contributed by atoms with E-state index in [9.17, 15) is 4.79 Å². The largest absolute Gasteiger partial charge is 0.480 e. The molecule has 1 aromatic rings. The van der Waals surface area contributed by atoms with Crippen LogP contribution < -0.4 is 5.73 Å². The van der Waals surface area contributed by atoms with Crippen LogP contribution in [0.3, 0.4) is 0 Å². The zero-order valence-corrected chi connectivity index (χ0v) is 9.92. The molecule has 3 N–H and O–H groups in total. The van der Waals surface area contributed by atoms with Crippen LogP contribution in [-0.4, -0.2) is 26.7 Å². The second-order valence-corrected chi connectivity index (χ2v) is 2.82. The third-order valence-corrected chi connectivity index (χ3v) is 1.89. The van der Waals surface area contributed by atoms with E-state index in [4.69, 9.17) is 10.8 Å². The first kappa shape index (κ1) is 16.6. The zero-order valence-electron chi connectivity index (χ0n) is 8.29. The standard InChI is InChI=1S/C8H13N3O2.2ClH/c1-2-11-5-10-4-6(11)3-7(9)8(12)13;;/h4-5,7H,2-3,9H2,1H3,(H,12,13);2*1H/t7-;;/m0../s1. The Morgan fingerprint density at radius 3 is 2.73 bits per heavy atom. The summed E-state index contributed by atoms with van der Waals surface area (Å²) in [6.07, 6.45) is 3.64. The number of carbonyl (C=O) groups is 1. The Kier molecular flexibility index (Phi) is 8.33. The lowest BCUT2D eigenvalue weighted by atomic mass is 10.2. The molecular formula is C8H15Cl2N3O2. The van der Waals surface area contributed by atoms with Crippen molar-refractivity contribution in [3.8, 4) is 0 Å². The summed E-state index contributed by atoms with van der Waals surface area (Å²) in [5.41, 5.74) is 6.25. The molecule has 15 heavy (non-hydrogen) atoms. The van der Waals surface area contributed by atoms with Gasteiger partial charge in [-0.25, -0.2) is 4.98 Å². The third-order valence-electron chi connectivity index (χ3n) is 1.89. The van der Waals surface area contributed by atoms with E-state index in [1.807, 2.05) is 11.5 Å². The van der Waals surface area contributed by atoms with Crippen molar-refractivity contribution in [2.75, 3.05) is 0 Å². The number of carboxylic acid groups (broad SMARTS) is 1. The first-order chi connectivity index (χ1) is 6.15. The van der Waals surface area contributed by atoms with Crippen LogP contribution in [0.4, 0.5) is 0 Å². The highest BCUT2D eigenvalue weighted by Crippen LogP contribution is 2.02. The molecule has 88 valence electrons. The molecule has 1 rings (SSSR count). The molecule has 0 saturated carbocycles. The van der Waals surface area contributed by atoms with Crippen molar-refractivity contribution in [2.24, 2.45) is 5.73 Å². The summed E-state index contributed by atoms with van der Waals surface area (Å²) >= 11 is 0. The minimum atomic E-state index is -0.983. The smallest absolute Gasteiger partial charge is 0.320 e. The summed E-state index contributed by atoms with van der Waals surface area (Å²) in [4.78, 5) is 14.4. The number of imidazole rings is 1. The van der Waals surface area contributed by atoms with Crippen molar-refractivity contribution in [3.63, 3.8) is 0 Å². The molecule has 0 aromatic carbocycles. The van der Waals surface area contributed by atoms with Gasteiger partial charge in [0.2, 0.25) is 0 Å². The molecule has 0 spiro atoms. The molecule has 0 amide bonds. The van der Waals surface area contributed by atoms with Gasteiger partial charge in [-0.3, -0.25) is 4.79 Å². The van der Waals surface area contributed by atoms with Crippen molar-refractivity contribution < 1.29 is 9.90 Å². The molecule has 0 unspecified atom stereocenters. The number of aromatic nitrogens is 2. The van der Waals surface area contributed by atoms with Gasteiger partial charge in [0.25, 0.3) is 0 Å². The SMILES string of the molecule is CCn1cncc1C[C@H](N)C(=O)O.Cl.Cl. The molecule has 1 aromatic heterocycles. The van der Waals surface area contributed by atoms with E-state index in [1.165, 1.54) is 0 Å². The Labute approximate surface area is 100 Å². The highest BCUT2D eigenvalue weighted by molar-refractivity contribution is 5.85. The Balaban J connectivity index is 0. The maximum Gasteiger partial charge on any atom is 0.320 e. The number of aryl methyl sites for hydroxylation is 1. The van der Waals surface area contributed by atoms with Crippen LogP contribution in [0.15, 0.2) is 12.5 Å². The Morgan fingerprint density at radius 1 is 1.67 bits per heavy atom. The molecule has 0 fully saturated rings. The van der Waals surface area contributed by atoms with E-state index in [-0.39, 0.29) is 24.8 Å². The normalized spacial score (nSPS) is 11.1. The molecule has 0 radical (unpaired) electrons. The van der Waals surface area contributed by atoms with Crippen molar-refractivity contribution in [1.82, 2.24) is 9.55 Å². The summed E-state index contributed by atoms with van der Waals surface area (Å²) in [5.74, 6) is -0.983. The zero-order chi connectivity index (χ0) is 9.84. The lowest BCUT2D eigenvalue weighted by Crippen LogP contribution is -2.32. The van der Waals surface area contributed by atoms with Crippen LogP contribution in [-0.2, 0) is 17.8 Å². The van der Waals surface area contributed by atoms with Gasteiger partial charge in [-0.2, -0.15) is 0 Å². The quantitative estimate of drug-likeness (QED) is 0.830. The van der Waals surface area contributed by atoms with Gasteiger partial charge >= 0.3 is 5.97 Å². The van der Waals surface area contributed by atoms with Crippen LogP contribution in [0.5, 0.6) is 0 Å². The average Bonchev–Trinajstić information content (AvgIpc) is 2.51. The first-order valence-electron chi connectivity index (χ1n) is 4.12. The second kappa shape index (κ2) is 7.50. The Hall–Kier alpha value is -0.780. The highest BCUT2D eigenvalue weighted by atomic mass is 35.5. The second-order valence-electron chi connectivity index (χ2n) is 2.82. The van der Waals surface area contributed by atoms with Gasteiger partial charge in [0.05, 0.1) is 6.33 Å². The minimum absolute atomic E-state index is 0. The molecule has 0 aliphatic heterocycles. The van der Waals surface area contributed by atoms with E-state index in [2.05, 4.69) is 4.98 Å². The Morgan fingerprint density at radius 2 is 2.27 bits per heavy atom. The molecule has 7 heteroatoms. The topological polar surface area (TPSA) is 81.1 Å². The molecule has 1 heterocycles. The van der Waals surface area contributed by atoms with Gasteiger partial charge < -0.3 is 15.4 Å². The van der Waals surface area contributed by atoms with Crippen LogP contribution in [0.2, 0.25) is 0 Å². The third kappa shape index (κ3) is 4.51. The van der Waals surface area contributed by atoms with E-state index >= 15 is 0 Å². The predicted octanol–water partition coefficient (Wildman–Crippen LogP) is 0.701. The maximum absolute atomic E-state index is 10.5. The summed E-state index contributed by atoms with van der Waals surface area (Å²) in [5, 5.41) is 8.59. The van der Waals surface area contributed by atoms with Crippen LogP contribution in [0, 0.1) is 0 Å². The molecule has 0 aliphatic carbocycles. The number of aliphatic carboxylic acids is 1. The maximum atomic E-state index is 10.5. The number of nitrogens with zero attached hydrogens (tertiary/aromatic N) is 2. The first-order valence-corrected chi connectivity index (χ1v) is 4.12. The summed E-state index contributed by atoms with van der Waals surface area (Å²) in [7, 11) is 0. The van der Waals surface area contributed by atoms with Crippen LogP contribution in [0.25, 0.3) is 0 Å². The minimum Gasteiger partial charge on any atom is -0.480 e. The number of rotatable bonds is 4. The molecule has 0 bridgehead atoms. The number of halogens is 2. The predicted molar refractivity (Wildman–Crippen MR) is 61.7 cm³/mol. The van der Waals surface area contributed by atoms with E-state index < -0.39 is 12.0 Å². The van der Waals surface area contributed by atoms with Gasteiger partial charge in [0, 0.05) is 24.9 Å². The molecule has 0 saturated heterocycles. The van der Waals surface area contributed by atoms with Crippen molar-refractivity contribution >= 4 is 30.8 Å². The fraction of sp³-hybridized carbons (Fsp3) is 0.500. The van der Waals surface area contributed by atoms with Crippen LogP contribution >= 0.6 is 24.8 Å². The van der Waals surface area contributed by atoms with Gasteiger partial charge in [-0.15, -0.1) is 24.8 Å². The molecular weight excluding hydrogens is 241 g/mol. The van der Waals surface area contributed by atoms with E-state index in [1.54, 1.807) is 12.5 Å². The van der Waals surface area contributed by atoms with Crippen LogP contribution in [0.1, 0.15) is 12.6 Å². The monoisotopic (exact) mass is 255 g/mol. The fourth-order valence-electron chi connectivity index (χ4n) is 1.12.